The van der Waals surface area contributed by atoms with Crippen LogP contribution in [0, 0.1) is 0 Å². The number of ether oxygens (including phenoxy) is 1. The molecule has 7 heteroatoms. The van der Waals surface area contributed by atoms with Crippen LogP contribution in [0.3, 0.4) is 0 Å². The molecule has 6 nitrogen and oxygen atoms in total. The van der Waals surface area contributed by atoms with Gasteiger partial charge in [0.05, 0.1) is 13.2 Å². The summed E-state index contributed by atoms with van der Waals surface area (Å²) in [4.78, 5) is 26.6. The van der Waals surface area contributed by atoms with Gasteiger partial charge < -0.3 is 15.4 Å². The van der Waals surface area contributed by atoms with Gasteiger partial charge in [0.15, 0.2) is 0 Å². The van der Waals surface area contributed by atoms with Crippen LogP contribution in [0.2, 0.25) is 0 Å². The van der Waals surface area contributed by atoms with Crippen molar-refractivity contribution >= 4 is 23.2 Å². The average molecular weight is 402 g/mol. The largest absolute Gasteiger partial charge is 0.497 e. The lowest BCUT2D eigenvalue weighted by molar-refractivity contribution is -0.121. The van der Waals surface area contributed by atoms with Crippen molar-refractivity contribution < 1.29 is 14.3 Å². The van der Waals surface area contributed by atoms with Crippen LogP contribution in [0.15, 0.2) is 41.1 Å². The highest BCUT2D eigenvalue weighted by molar-refractivity contribution is 7.08. The van der Waals surface area contributed by atoms with Crippen LogP contribution >= 0.6 is 11.3 Å². The zero-order chi connectivity index (χ0) is 19.8. The summed E-state index contributed by atoms with van der Waals surface area (Å²) in [5, 5.41) is 9.47. The number of hydrogen-bond acceptors (Lipinski definition) is 5. The molecule has 1 atom stereocenters. The third kappa shape index (κ3) is 5.56. The van der Waals surface area contributed by atoms with E-state index < -0.39 is 0 Å². The SMILES string of the molecule is COc1cccc([C@@H](CNC(=O)CCNC(=O)c2ccsc2)N2CCCC2)c1. The predicted molar refractivity (Wildman–Crippen MR) is 111 cm³/mol. The molecule has 1 fully saturated rings. The van der Waals surface area contributed by atoms with Crippen molar-refractivity contribution in [3.63, 3.8) is 0 Å². The van der Waals surface area contributed by atoms with Gasteiger partial charge in [-0.1, -0.05) is 12.1 Å². The monoisotopic (exact) mass is 401 g/mol. The van der Waals surface area contributed by atoms with Crippen molar-refractivity contribution in [2.24, 2.45) is 0 Å². The van der Waals surface area contributed by atoms with E-state index in [0.29, 0.717) is 18.7 Å². The van der Waals surface area contributed by atoms with Crippen LogP contribution in [0.5, 0.6) is 5.75 Å². The van der Waals surface area contributed by atoms with Gasteiger partial charge in [-0.3, -0.25) is 14.5 Å². The quantitative estimate of drug-likeness (QED) is 0.678. The summed E-state index contributed by atoms with van der Waals surface area (Å²) < 4.78 is 5.35. The number of rotatable bonds is 9. The van der Waals surface area contributed by atoms with Gasteiger partial charge in [-0.2, -0.15) is 11.3 Å². The van der Waals surface area contributed by atoms with Crippen molar-refractivity contribution in [1.29, 1.82) is 0 Å². The fourth-order valence-corrected chi connectivity index (χ4v) is 4.08. The molecule has 0 unspecified atom stereocenters. The second kappa shape index (κ2) is 10.2. The van der Waals surface area contributed by atoms with Gasteiger partial charge in [0, 0.05) is 30.5 Å². The second-order valence-electron chi connectivity index (χ2n) is 6.86. The topological polar surface area (TPSA) is 70.7 Å². The molecular formula is C21H27N3O3S. The van der Waals surface area contributed by atoms with Crippen LogP contribution in [0.25, 0.3) is 0 Å². The highest BCUT2D eigenvalue weighted by Crippen LogP contribution is 2.27. The van der Waals surface area contributed by atoms with E-state index in [9.17, 15) is 9.59 Å². The van der Waals surface area contributed by atoms with Gasteiger partial charge >= 0.3 is 0 Å². The van der Waals surface area contributed by atoms with Gasteiger partial charge in [0.2, 0.25) is 5.91 Å². The van der Waals surface area contributed by atoms with E-state index in [0.717, 1.165) is 24.4 Å². The Morgan fingerprint density at radius 3 is 2.75 bits per heavy atom. The van der Waals surface area contributed by atoms with Crippen molar-refractivity contribution in [3.8, 4) is 5.75 Å². The minimum Gasteiger partial charge on any atom is -0.497 e. The van der Waals surface area contributed by atoms with Crippen LogP contribution < -0.4 is 15.4 Å². The number of likely N-dealkylation sites (tertiary alicyclic amines) is 1. The summed E-state index contributed by atoms with van der Waals surface area (Å²) in [7, 11) is 1.66. The van der Waals surface area contributed by atoms with Crippen molar-refractivity contribution in [2.75, 3.05) is 33.3 Å². The Hall–Kier alpha value is -2.38. The minimum atomic E-state index is -0.139. The van der Waals surface area contributed by atoms with Crippen molar-refractivity contribution in [3.05, 3.63) is 52.2 Å². The fourth-order valence-electron chi connectivity index (χ4n) is 3.44. The molecule has 150 valence electrons. The van der Waals surface area contributed by atoms with E-state index in [1.807, 2.05) is 23.6 Å². The minimum absolute atomic E-state index is 0.0577. The maximum Gasteiger partial charge on any atom is 0.252 e. The average Bonchev–Trinajstić information content (AvgIpc) is 3.42. The molecule has 0 saturated carbocycles. The molecule has 1 saturated heterocycles. The summed E-state index contributed by atoms with van der Waals surface area (Å²) in [6.45, 7) is 2.95. The van der Waals surface area contributed by atoms with E-state index in [-0.39, 0.29) is 24.3 Å². The third-order valence-corrected chi connectivity index (χ3v) is 5.66. The first-order valence-electron chi connectivity index (χ1n) is 9.62. The van der Waals surface area contributed by atoms with E-state index in [1.54, 1.807) is 18.6 Å². The number of carbonyl (C=O) groups is 2. The molecule has 3 rings (SSSR count). The number of hydrogen-bond donors (Lipinski definition) is 2. The summed E-state index contributed by atoms with van der Waals surface area (Å²) in [6, 6.07) is 9.93. The van der Waals surface area contributed by atoms with Gasteiger partial charge in [-0.15, -0.1) is 0 Å². The normalized spacial score (nSPS) is 15.2. The summed E-state index contributed by atoms with van der Waals surface area (Å²) >= 11 is 1.48. The van der Waals surface area contributed by atoms with Crippen molar-refractivity contribution in [1.82, 2.24) is 15.5 Å². The fraction of sp³-hybridized carbons (Fsp3) is 0.429. The van der Waals surface area contributed by atoms with E-state index in [4.69, 9.17) is 4.74 Å². The number of thiophene rings is 1. The number of nitrogens with one attached hydrogen (secondary N) is 2. The van der Waals surface area contributed by atoms with Crippen LogP contribution in [-0.4, -0.2) is 50.0 Å². The van der Waals surface area contributed by atoms with Crippen molar-refractivity contribution in [2.45, 2.75) is 25.3 Å². The molecule has 2 heterocycles. The maximum atomic E-state index is 12.3. The number of benzene rings is 1. The zero-order valence-corrected chi connectivity index (χ0v) is 17.0. The Morgan fingerprint density at radius 1 is 1.21 bits per heavy atom. The van der Waals surface area contributed by atoms with Gasteiger partial charge in [0.25, 0.3) is 5.91 Å². The zero-order valence-electron chi connectivity index (χ0n) is 16.1. The molecule has 0 bridgehead atoms. The first-order valence-corrected chi connectivity index (χ1v) is 10.6. The highest BCUT2D eigenvalue weighted by Gasteiger charge is 2.24. The van der Waals surface area contributed by atoms with Gasteiger partial charge in [-0.25, -0.2) is 0 Å². The Bertz CT molecular complexity index is 773. The molecular weight excluding hydrogens is 374 g/mol. The van der Waals surface area contributed by atoms with Crippen LogP contribution in [0.4, 0.5) is 0 Å². The van der Waals surface area contributed by atoms with Gasteiger partial charge in [-0.05, 0) is 55.1 Å². The third-order valence-electron chi connectivity index (χ3n) is 4.97. The Morgan fingerprint density at radius 2 is 2.04 bits per heavy atom. The lowest BCUT2D eigenvalue weighted by Gasteiger charge is -2.28. The van der Waals surface area contributed by atoms with E-state index in [2.05, 4.69) is 21.6 Å². The molecule has 28 heavy (non-hydrogen) atoms. The van der Waals surface area contributed by atoms with E-state index >= 15 is 0 Å². The van der Waals surface area contributed by atoms with Crippen LogP contribution in [-0.2, 0) is 4.79 Å². The standard InChI is InChI=1S/C21H27N3O3S/c1-27-18-6-4-5-16(13-18)19(24-10-2-3-11-24)14-23-20(25)7-9-22-21(26)17-8-12-28-15-17/h4-6,8,12-13,15,19H,2-3,7,9-11,14H2,1H3,(H,22,26)(H,23,25)/t19-/m1/s1. The summed E-state index contributed by atoms with van der Waals surface area (Å²) in [5.41, 5.74) is 1.78. The second-order valence-corrected chi connectivity index (χ2v) is 7.64. The molecule has 1 aliphatic heterocycles. The first kappa shape index (κ1) is 20.4. The molecule has 1 aromatic heterocycles. The number of carbonyl (C=O) groups excluding carboxylic acids is 2. The Balaban J connectivity index is 1.51. The molecule has 0 radical (unpaired) electrons. The Kier molecular flexibility index (Phi) is 7.45. The maximum absolute atomic E-state index is 12.3. The number of methoxy groups -OCH3 is 1. The molecule has 1 aliphatic rings. The molecule has 2 amide bonds. The Labute approximate surface area is 169 Å². The molecule has 0 aliphatic carbocycles. The molecule has 0 spiro atoms. The van der Waals surface area contributed by atoms with Gasteiger partial charge in [0.1, 0.15) is 5.75 Å². The lowest BCUT2D eigenvalue weighted by atomic mass is 10.0. The predicted octanol–water partition coefficient (Wildman–Crippen LogP) is 2.83. The molecule has 1 aromatic carbocycles. The summed E-state index contributed by atoms with van der Waals surface area (Å²) in [6.07, 6.45) is 2.63. The summed E-state index contributed by atoms with van der Waals surface area (Å²) in [5.74, 6) is 0.627. The smallest absolute Gasteiger partial charge is 0.252 e. The number of nitrogens with zero attached hydrogens (tertiary/aromatic N) is 1. The van der Waals surface area contributed by atoms with Crippen LogP contribution in [0.1, 0.15) is 41.2 Å². The first-order chi connectivity index (χ1) is 13.7. The highest BCUT2D eigenvalue weighted by atomic mass is 32.1. The molecule has 2 aromatic rings. The van der Waals surface area contributed by atoms with E-state index in [1.165, 1.54) is 24.2 Å². The lowest BCUT2D eigenvalue weighted by Crippen LogP contribution is -2.38. The number of amides is 2. The molecule has 2 N–H and O–H groups in total.